The first-order valence-corrected chi connectivity index (χ1v) is 6.69. The van der Waals surface area contributed by atoms with Crippen molar-refractivity contribution in [1.82, 2.24) is 0 Å². The number of hydrogen-bond donors (Lipinski definition) is 1. The molecule has 1 aliphatic rings. The van der Waals surface area contributed by atoms with E-state index in [0.717, 1.165) is 12.5 Å². The van der Waals surface area contributed by atoms with Crippen LogP contribution in [0.3, 0.4) is 0 Å². The zero-order chi connectivity index (χ0) is 11.4. The molecule has 0 atom stereocenters. The standard InChI is InChI=1S/C15H23N/c1-3-12(4-2)10-13-7-8-15-14(11-13)6-5-9-16-15/h7-8,11-12,16H,3-6,9-10H2,1-2H3. The van der Waals surface area contributed by atoms with Crippen molar-refractivity contribution in [2.24, 2.45) is 5.92 Å². The molecular formula is C15H23N. The molecule has 1 heteroatoms. The monoisotopic (exact) mass is 217 g/mol. The Morgan fingerprint density at radius 2 is 2.06 bits per heavy atom. The van der Waals surface area contributed by atoms with Crippen LogP contribution in [0.4, 0.5) is 5.69 Å². The highest BCUT2D eigenvalue weighted by Crippen LogP contribution is 2.25. The summed E-state index contributed by atoms with van der Waals surface area (Å²) in [5.41, 5.74) is 4.41. The first kappa shape index (κ1) is 11.5. The summed E-state index contributed by atoms with van der Waals surface area (Å²) in [6.07, 6.45) is 6.37. The van der Waals surface area contributed by atoms with Gasteiger partial charge in [-0.1, -0.05) is 38.8 Å². The number of fused-ring (bicyclic) bond motifs is 1. The van der Waals surface area contributed by atoms with Gasteiger partial charge in [0.25, 0.3) is 0 Å². The Hall–Kier alpha value is -0.980. The second kappa shape index (κ2) is 5.38. The van der Waals surface area contributed by atoms with Crippen molar-refractivity contribution < 1.29 is 0 Å². The van der Waals surface area contributed by atoms with Crippen molar-refractivity contribution in [1.29, 1.82) is 0 Å². The van der Waals surface area contributed by atoms with Gasteiger partial charge < -0.3 is 5.32 Å². The van der Waals surface area contributed by atoms with Gasteiger partial charge in [-0.05, 0) is 42.4 Å². The molecule has 0 fully saturated rings. The smallest absolute Gasteiger partial charge is 0.0372 e. The zero-order valence-electron chi connectivity index (χ0n) is 10.6. The van der Waals surface area contributed by atoms with Crippen LogP contribution in [0, 0.1) is 5.92 Å². The van der Waals surface area contributed by atoms with Crippen LogP contribution >= 0.6 is 0 Å². The molecule has 1 heterocycles. The largest absolute Gasteiger partial charge is 0.385 e. The lowest BCUT2D eigenvalue weighted by molar-refractivity contribution is 0.490. The Bertz CT molecular complexity index is 339. The van der Waals surface area contributed by atoms with Crippen molar-refractivity contribution in [3.63, 3.8) is 0 Å². The molecule has 1 aliphatic heterocycles. The van der Waals surface area contributed by atoms with E-state index in [4.69, 9.17) is 0 Å². The van der Waals surface area contributed by atoms with Crippen LogP contribution in [0.15, 0.2) is 18.2 Å². The third-order valence-corrected chi connectivity index (χ3v) is 3.79. The second-order valence-electron chi connectivity index (χ2n) is 4.91. The van der Waals surface area contributed by atoms with E-state index >= 15 is 0 Å². The van der Waals surface area contributed by atoms with E-state index in [1.54, 1.807) is 0 Å². The van der Waals surface area contributed by atoms with Gasteiger partial charge in [-0.15, -0.1) is 0 Å². The summed E-state index contributed by atoms with van der Waals surface area (Å²) in [6, 6.07) is 6.99. The molecule has 1 aromatic carbocycles. The fourth-order valence-corrected chi connectivity index (χ4v) is 2.57. The van der Waals surface area contributed by atoms with Crippen LogP contribution in [0.25, 0.3) is 0 Å². The van der Waals surface area contributed by atoms with Crippen molar-refractivity contribution in [3.05, 3.63) is 29.3 Å². The van der Waals surface area contributed by atoms with Gasteiger partial charge in [0.15, 0.2) is 0 Å². The molecule has 0 amide bonds. The molecule has 2 rings (SSSR count). The number of anilines is 1. The lowest BCUT2D eigenvalue weighted by atomic mass is 9.92. The highest BCUT2D eigenvalue weighted by atomic mass is 14.9. The van der Waals surface area contributed by atoms with E-state index in [0.29, 0.717) is 0 Å². The van der Waals surface area contributed by atoms with Gasteiger partial charge in [0, 0.05) is 12.2 Å². The van der Waals surface area contributed by atoms with E-state index in [1.807, 2.05) is 0 Å². The Morgan fingerprint density at radius 3 is 2.81 bits per heavy atom. The average molecular weight is 217 g/mol. The van der Waals surface area contributed by atoms with Gasteiger partial charge in [-0.2, -0.15) is 0 Å². The fraction of sp³-hybridized carbons (Fsp3) is 0.600. The summed E-state index contributed by atoms with van der Waals surface area (Å²) in [7, 11) is 0. The van der Waals surface area contributed by atoms with Gasteiger partial charge >= 0.3 is 0 Å². The second-order valence-corrected chi connectivity index (χ2v) is 4.91. The minimum atomic E-state index is 0.856. The number of hydrogen-bond acceptors (Lipinski definition) is 1. The molecule has 1 N–H and O–H groups in total. The molecule has 16 heavy (non-hydrogen) atoms. The molecule has 0 aromatic heterocycles. The van der Waals surface area contributed by atoms with Crippen LogP contribution in [-0.4, -0.2) is 6.54 Å². The maximum Gasteiger partial charge on any atom is 0.0372 e. The molecule has 0 bridgehead atoms. The molecule has 0 spiro atoms. The predicted molar refractivity (Wildman–Crippen MR) is 71.0 cm³/mol. The summed E-state index contributed by atoms with van der Waals surface area (Å²) < 4.78 is 0. The number of nitrogens with one attached hydrogen (secondary N) is 1. The molecular weight excluding hydrogens is 194 g/mol. The minimum Gasteiger partial charge on any atom is -0.385 e. The van der Waals surface area contributed by atoms with E-state index < -0.39 is 0 Å². The molecule has 0 radical (unpaired) electrons. The van der Waals surface area contributed by atoms with Gasteiger partial charge in [-0.25, -0.2) is 0 Å². The Kier molecular flexibility index (Phi) is 3.87. The van der Waals surface area contributed by atoms with Gasteiger partial charge in [0.2, 0.25) is 0 Å². The molecule has 88 valence electrons. The average Bonchev–Trinajstić information content (AvgIpc) is 2.35. The van der Waals surface area contributed by atoms with Crippen molar-refractivity contribution in [2.75, 3.05) is 11.9 Å². The summed E-state index contributed by atoms with van der Waals surface area (Å²) >= 11 is 0. The highest BCUT2D eigenvalue weighted by molar-refractivity contribution is 5.54. The van der Waals surface area contributed by atoms with Gasteiger partial charge in [0.05, 0.1) is 0 Å². The predicted octanol–water partition coefficient (Wildman–Crippen LogP) is 4.02. The Morgan fingerprint density at radius 1 is 1.25 bits per heavy atom. The SMILES string of the molecule is CCC(CC)Cc1ccc2c(c1)CCCN2. The van der Waals surface area contributed by atoms with Crippen LogP contribution in [0.2, 0.25) is 0 Å². The number of rotatable bonds is 4. The van der Waals surface area contributed by atoms with Crippen LogP contribution < -0.4 is 5.32 Å². The minimum absolute atomic E-state index is 0.856. The fourth-order valence-electron chi connectivity index (χ4n) is 2.57. The number of benzene rings is 1. The van der Waals surface area contributed by atoms with Crippen molar-refractivity contribution in [3.8, 4) is 0 Å². The quantitative estimate of drug-likeness (QED) is 0.803. The summed E-state index contributed by atoms with van der Waals surface area (Å²) in [6.45, 7) is 5.74. The van der Waals surface area contributed by atoms with Crippen molar-refractivity contribution >= 4 is 5.69 Å². The Labute approximate surface area is 99.3 Å². The summed E-state index contributed by atoms with van der Waals surface area (Å²) in [5.74, 6) is 0.856. The van der Waals surface area contributed by atoms with E-state index in [9.17, 15) is 0 Å². The van der Waals surface area contributed by atoms with E-state index in [2.05, 4.69) is 37.4 Å². The molecule has 0 saturated heterocycles. The number of aryl methyl sites for hydroxylation is 1. The van der Waals surface area contributed by atoms with E-state index in [1.165, 1.54) is 48.9 Å². The lowest BCUT2D eigenvalue weighted by Crippen LogP contribution is -2.12. The topological polar surface area (TPSA) is 12.0 Å². The van der Waals surface area contributed by atoms with E-state index in [-0.39, 0.29) is 0 Å². The molecule has 0 aliphatic carbocycles. The molecule has 1 aromatic rings. The maximum atomic E-state index is 3.47. The first-order valence-electron chi connectivity index (χ1n) is 6.69. The lowest BCUT2D eigenvalue weighted by Gasteiger charge is -2.20. The normalized spacial score (nSPS) is 14.7. The molecule has 0 saturated carbocycles. The third kappa shape index (κ3) is 2.58. The van der Waals surface area contributed by atoms with Gasteiger partial charge in [0.1, 0.15) is 0 Å². The van der Waals surface area contributed by atoms with Crippen molar-refractivity contribution in [2.45, 2.75) is 46.0 Å². The summed E-state index contributed by atoms with van der Waals surface area (Å²) in [4.78, 5) is 0. The third-order valence-electron chi connectivity index (χ3n) is 3.79. The highest BCUT2D eigenvalue weighted by Gasteiger charge is 2.10. The van der Waals surface area contributed by atoms with Gasteiger partial charge in [-0.3, -0.25) is 0 Å². The zero-order valence-corrected chi connectivity index (χ0v) is 10.6. The first-order chi connectivity index (χ1) is 7.83. The Balaban J connectivity index is 2.10. The van der Waals surface area contributed by atoms with Crippen LogP contribution in [0.5, 0.6) is 0 Å². The van der Waals surface area contributed by atoms with Crippen LogP contribution in [0.1, 0.15) is 44.2 Å². The molecule has 1 nitrogen and oxygen atoms in total. The van der Waals surface area contributed by atoms with Crippen LogP contribution in [-0.2, 0) is 12.8 Å². The maximum absolute atomic E-state index is 3.47. The molecule has 0 unspecified atom stereocenters. The summed E-state index contributed by atoms with van der Waals surface area (Å²) in [5, 5.41) is 3.47.